The van der Waals surface area contributed by atoms with Crippen LogP contribution in [0.3, 0.4) is 0 Å². The van der Waals surface area contributed by atoms with Crippen molar-refractivity contribution in [3.63, 3.8) is 0 Å². The SMILES string of the molecule is CC1=C[C@@H]2[C@H](C)[C@@H](O[Si](C)(C)C(C)(C)C)C[C@@H]2C(=O)[C@@H]2C[C@H]3[C@H](C(C)C)CC[C@]3(C)C[C@H]12. The van der Waals surface area contributed by atoms with E-state index in [1.165, 1.54) is 24.8 Å². The van der Waals surface area contributed by atoms with Crippen LogP contribution in [0.5, 0.6) is 0 Å². The highest BCUT2D eigenvalue weighted by atomic mass is 28.4. The summed E-state index contributed by atoms with van der Waals surface area (Å²) >= 11 is 0. The summed E-state index contributed by atoms with van der Waals surface area (Å²) in [6.07, 6.45) is 8.82. The molecular weight excluding hydrogens is 408 g/mol. The molecule has 3 fully saturated rings. The van der Waals surface area contributed by atoms with E-state index in [2.05, 4.69) is 74.6 Å². The monoisotopic (exact) mass is 458 g/mol. The minimum Gasteiger partial charge on any atom is -0.414 e. The fourth-order valence-corrected chi connectivity index (χ4v) is 9.43. The molecule has 0 aromatic heterocycles. The molecule has 4 aliphatic rings. The van der Waals surface area contributed by atoms with Crippen LogP contribution in [0.4, 0.5) is 0 Å². The van der Waals surface area contributed by atoms with Crippen LogP contribution in [0, 0.1) is 52.8 Å². The Morgan fingerprint density at radius 2 is 1.78 bits per heavy atom. The first-order chi connectivity index (χ1) is 14.7. The smallest absolute Gasteiger partial charge is 0.192 e. The van der Waals surface area contributed by atoms with E-state index in [0.717, 1.165) is 30.6 Å². The molecule has 0 N–H and O–H groups in total. The molecule has 4 rings (SSSR count). The van der Waals surface area contributed by atoms with Gasteiger partial charge in [0.1, 0.15) is 5.78 Å². The van der Waals surface area contributed by atoms with E-state index in [1.807, 2.05) is 0 Å². The summed E-state index contributed by atoms with van der Waals surface area (Å²) in [5, 5.41) is 0.209. The lowest BCUT2D eigenvalue weighted by atomic mass is 9.57. The highest BCUT2D eigenvalue weighted by Gasteiger charge is 2.57. The van der Waals surface area contributed by atoms with Crippen LogP contribution < -0.4 is 0 Å². The van der Waals surface area contributed by atoms with Gasteiger partial charge in [-0.05, 0) is 98.1 Å². The van der Waals surface area contributed by atoms with Crippen molar-refractivity contribution in [1.82, 2.24) is 0 Å². The predicted molar refractivity (Wildman–Crippen MR) is 137 cm³/mol. The Labute approximate surface area is 199 Å². The van der Waals surface area contributed by atoms with Gasteiger partial charge in [-0.25, -0.2) is 0 Å². The van der Waals surface area contributed by atoms with Crippen LogP contribution in [0.2, 0.25) is 18.1 Å². The molecule has 4 aliphatic carbocycles. The number of hydrogen-bond donors (Lipinski definition) is 0. The van der Waals surface area contributed by atoms with E-state index >= 15 is 0 Å². The van der Waals surface area contributed by atoms with Gasteiger partial charge in [-0.1, -0.05) is 60.1 Å². The van der Waals surface area contributed by atoms with Crippen molar-refractivity contribution in [2.75, 3.05) is 0 Å². The van der Waals surface area contributed by atoms with Crippen LogP contribution in [0.15, 0.2) is 11.6 Å². The molecule has 0 heterocycles. The van der Waals surface area contributed by atoms with Gasteiger partial charge in [0.25, 0.3) is 0 Å². The van der Waals surface area contributed by atoms with Crippen LogP contribution >= 0.6 is 0 Å². The predicted octanol–water partition coefficient (Wildman–Crippen LogP) is 7.89. The second-order valence-corrected chi connectivity index (χ2v) is 19.1. The number of allylic oxidation sites excluding steroid dienone is 2. The second kappa shape index (κ2) is 8.07. The topological polar surface area (TPSA) is 26.3 Å². The summed E-state index contributed by atoms with van der Waals surface area (Å²) in [6.45, 7) is 23.8. The molecule has 0 aromatic carbocycles. The molecular formula is C29H50O2Si. The Bertz CT molecular complexity index is 775. The van der Waals surface area contributed by atoms with Gasteiger partial charge < -0.3 is 4.43 Å². The lowest BCUT2D eigenvalue weighted by Crippen LogP contribution is -2.45. The third-order valence-electron chi connectivity index (χ3n) is 11.2. The summed E-state index contributed by atoms with van der Waals surface area (Å²) < 4.78 is 6.92. The third-order valence-corrected chi connectivity index (χ3v) is 15.7. The quantitative estimate of drug-likeness (QED) is 0.317. The molecule has 0 saturated heterocycles. The van der Waals surface area contributed by atoms with Crippen molar-refractivity contribution in [3.05, 3.63) is 11.6 Å². The van der Waals surface area contributed by atoms with E-state index in [1.54, 1.807) is 0 Å². The standard InChI is InChI=1S/C29H50O2Si/c1-17(2)20-11-12-29(8)16-24-18(3)13-21-19(4)26(31-32(9,10)28(5,6)7)15-23(21)27(30)22(24)14-25(20)29/h13,17,19-26H,11-12,14-16H2,1-10H3/t19-,20-,21+,22+,23-,24+,25-,26-,29+/m0/s1. The van der Waals surface area contributed by atoms with E-state index in [0.29, 0.717) is 29.0 Å². The molecule has 0 aromatic rings. The molecule has 2 nitrogen and oxygen atoms in total. The molecule has 32 heavy (non-hydrogen) atoms. The van der Waals surface area contributed by atoms with Crippen molar-refractivity contribution in [1.29, 1.82) is 0 Å². The minimum atomic E-state index is -1.84. The van der Waals surface area contributed by atoms with Gasteiger partial charge >= 0.3 is 0 Å². The molecule has 0 spiro atoms. The largest absolute Gasteiger partial charge is 0.414 e. The summed E-state index contributed by atoms with van der Waals surface area (Å²) in [4.78, 5) is 14.2. The first kappa shape index (κ1) is 24.7. The van der Waals surface area contributed by atoms with E-state index in [4.69, 9.17) is 4.43 Å². The number of fused-ring (bicyclic) bond motifs is 3. The van der Waals surface area contributed by atoms with Gasteiger partial charge in [-0.2, -0.15) is 0 Å². The maximum atomic E-state index is 14.2. The third kappa shape index (κ3) is 3.92. The lowest BCUT2D eigenvalue weighted by Gasteiger charge is -2.47. The van der Waals surface area contributed by atoms with Crippen molar-refractivity contribution >= 4 is 14.1 Å². The summed E-state index contributed by atoms with van der Waals surface area (Å²) in [7, 11) is -1.84. The molecule has 0 radical (unpaired) electrons. The average molecular weight is 459 g/mol. The van der Waals surface area contributed by atoms with Gasteiger partial charge in [0.05, 0.1) is 0 Å². The van der Waals surface area contributed by atoms with Crippen LogP contribution in [-0.2, 0) is 9.22 Å². The Balaban J connectivity index is 1.61. The highest BCUT2D eigenvalue weighted by Crippen LogP contribution is 2.62. The fraction of sp³-hybridized carbons (Fsp3) is 0.897. The Morgan fingerprint density at radius 3 is 2.38 bits per heavy atom. The molecule has 0 amide bonds. The zero-order valence-electron chi connectivity index (χ0n) is 22.6. The number of hydrogen-bond acceptors (Lipinski definition) is 2. The number of carbonyl (C=O) groups excluding carboxylic acids is 1. The molecule has 3 saturated carbocycles. The minimum absolute atomic E-state index is 0.174. The van der Waals surface area contributed by atoms with Gasteiger partial charge in [-0.3, -0.25) is 4.79 Å². The molecule has 9 atom stereocenters. The van der Waals surface area contributed by atoms with Crippen LogP contribution in [-0.4, -0.2) is 20.2 Å². The normalized spacial score (nSPS) is 44.7. The van der Waals surface area contributed by atoms with Gasteiger partial charge in [0.15, 0.2) is 8.32 Å². The maximum absolute atomic E-state index is 14.2. The fourth-order valence-electron chi connectivity index (χ4n) is 8.01. The van der Waals surface area contributed by atoms with Crippen molar-refractivity contribution in [2.24, 2.45) is 52.8 Å². The summed E-state index contributed by atoms with van der Waals surface area (Å²) in [5.41, 5.74) is 1.95. The number of rotatable bonds is 3. The lowest BCUT2D eigenvalue weighted by molar-refractivity contribution is -0.132. The zero-order valence-corrected chi connectivity index (χ0v) is 23.6. The Hall–Kier alpha value is -0.413. The number of Topliss-reactive ketones (excluding diaryl/α,β-unsaturated/α-hetero) is 1. The summed E-state index contributed by atoms with van der Waals surface area (Å²) in [6, 6.07) is 0. The van der Waals surface area contributed by atoms with E-state index in [-0.39, 0.29) is 23.0 Å². The van der Waals surface area contributed by atoms with E-state index in [9.17, 15) is 4.79 Å². The van der Waals surface area contributed by atoms with E-state index < -0.39 is 8.32 Å². The van der Waals surface area contributed by atoms with Crippen LogP contribution in [0.25, 0.3) is 0 Å². The Morgan fingerprint density at radius 1 is 1.12 bits per heavy atom. The number of carbonyl (C=O) groups is 1. The second-order valence-electron chi connectivity index (χ2n) is 14.4. The highest BCUT2D eigenvalue weighted by molar-refractivity contribution is 6.74. The van der Waals surface area contributed by atoms with Gasteiger partial charge in [0.2, 0.25) is 0 Å². The molecule has 3 heteroatoms. The Kier molecular flexibility index (Phi) is 6.23. The summed E-state index contributed by atoms with van der Waals surface area (Å²) in [5.74, 6) is 4.57. The zero-order chi connectivity index (χ0) is 23.8. The number of ketones is 1. The van der Waals surface area contributed by atoms with Crippen molar-refractivity contribution in [3.8, 4) is 0 Å². The van der Waals surface area contributed by atoms with Gasteiger partial charge in [0, 0.05) is 17.9 Å². The first-order valence-corrected chi connectivity index (χ1v) is 16.5. The molecule has 182 valence electrons. The van der Waals surface area contributed by atoms with Crippen molar-refractivity contribution in [2.45, 2.75) is 112 Å². The first-order valence-electron chi connectivity index (χ1n) is 13.6. The van der Waals surface area contributed by atoms with Crippen LogP contribution in [0.1, 0.15) is 87.5 Å². The average Bonchev–Trinajstić information content (AvgIpc) is 3.13. The molecule has 0 unspecified atom stereocenters. The van der Waals surface area contributed by atoms with Gasteiger partial charge in [-0.15, -0.1) is 0 Å². The molecule has 0 bridgehead atoms. The van der Waals surface area contributed by atoms with Crippen molar-refractivity contribution < 1.29 is 9.22 Å². The molecule has 0 aliphatic heterocycles. The maximum Gasteiger partial charge on any atom is 0.192 e.